The average molecular weight is 365 g/mol. The molecule has 0 radical (unpaired) electrons. The molecule has 1 aromatic heterocycles. The highest BCUT2D eigenvalue weighted by Gasteiger charge is 2.31. The van der Waals surface area contributed by atoms with Gasteiger partial charge >= 0.3 is 0 Å². The van der Waals surface area contributed by atoms with Crippen molar-refractivity contribution >= 4 is 28.4 Å². The molecule has 0 aliphatic carbocycles. The minimum atomic E-state index is -0.331. The Hall–Kier alpha value is -3.15. The zero-order valence-electron chi connectivity index (χ0n) is 15.0. The van der Waals surface area contributed by atoms with Gasteiger partial charge in [-0.25, -0.2) is 4.39 Å². The zero-order valence-corrected chi connectivity index (χ0v) is 15.0. The molecule has 1 saturated heterocycles. The number of aryl methyl sites for hydroxylation is 1. The topological polar surface area (TPSA) is 65.2 Å². The van der Waals surface area contributed by atoms with Crippen LogP contribution in [0.2, 0.25) is 0 Å². The van der Waals surface area contributed by atoms with Crippen LogP contribution in [0.5, 0.6) is 0 Å². The van der Waals surface area contributed by atoms with E-state index in [2.05, 4.69) is 10.3 Å². The lowest BCUT2D eigenvalue weighted by Crippen LogP contribution is -2.38. The van der Waals surface area contributed by atoms with Gasteiger partial charge in [0, 0.05) is 35.2 Å². The molecule has 0 saturated carbocycles. The van der Waals surface area contributed by atoms with E-state index in [1.165, 1.54) is 12.1 Å². The first-order valence-corrected chi connectivity index (χ1v) is 8.93. The van der Waals surface area contributed by atoms with Crippen LogP contribution in [-0.4, -0.2) is 29.4 Å². The highest BCUT2D eigenvalue weighted by atomic mass is 19.1. The van der Waals surface area contributed by atoms with Crippen LogP contribution < -0.4 is 10.2 Å². The second-order valence-electron chi connectivity index (χ2n) is 6.90. The van der Waals surface area contributed by atoms with Crippen molar-refractivity contribution in [3.8, 4) is 0 Å². The van der Waals surface area contributed by atoms with Crippen molar-refractivity contribution in [2.45, 2.75) is 25.8 Å². The van der Waals surface area contributed by atoms with Crippen LogP contribution in [0.4, 0.5) is 10.1 Å². The number of fused-ring (bicyclic) bond motifs is 1. The number of hydrogen-bond donors (Lipinski definition) is 2. The van der Waals surface area contributed by atoms with Crippen LogP contribution in [-0.2, 0) is 16.0 Å². The lowest BCUT2D eigenvalue weighted by Gasteiger charge is -2.17. The Labute approximate surface area is 156 Å². The summed E-state index contributed by atoms with van der Waals surface area (Å²) in [6, 6.07) is 13.7. The number of carbonyl (C=O) groups excluding carboxylic acids is 2. The lowest BCUT2D eigenvalue weighted by atomic mass is 10.1. The Morgan fingerprint density at radius 2 is 2.04 bits per heavy atom. The number of carbonyl (C=O) groups is 2. The zero-order chi connectivity index (χ0) is 19.0. The van der Waals surface area contributed by atoms with Gasteiger partial charge in [-0.15, -0.1) is 0 Å². The van der Waals surface area contributed by atoms with Crippen molar-refractivity contribution in [2.24, 2.45) is 0 Å². The number of amides is 2. The maximum Gasteiger partial charge on any atom is 0.229 e. The van der Waals surface area contributed by atoms with Gasteiger partial charge in [0.05, 0.1) is 12.5 Å². The van der Waals surface area contributed by atoms with E-state index in [9.17, 15) is 14.0 Å². The molecule has 1 fully saturated rings. The van der Waals surface area contributed by atoms with Gasteiger partial charge in [-0.1, -0.05) is 18.2 Å². The number of anilines is 1. The van der Waals surface area contributed by atoms with Crippen molar-refractivity contribution < 1.29 is 14.0 Å². The summed E-state index contributed by atoms with van der Waals surface area (Å²) in [5.74, 6) is -0.504. The predicted molar refractivity (Wildman–Crippen MR) is 102 cm³/mol. The van der Waals surface area contributed by atoms with Crippen molar-refractivity contribution in [1.29, 1.82) is 0 Å². The molecule has 2 heterocycles. The molecule has 1 atom stereocenters. The predicted octanol–water partition coefficient (Wildman–Crippen LogP) is 3.08. The van der Waals surface area contributed by atoms with Crippen LogP contribution in [0.25, 0.3) is 10.9 Å². The third-order valence-electron chi connectivity index (χ3n) is 4.98. The molecule has 0 unspecified atom stereocenters. The molecular weight excluding hydrogens is 345 g/mol. The molecule has 4 rings (SSSR count). The average Bonchev–Trinajstić information content (AvgIpc) is 3.15. The van der Waals surface area contributed by atoms with E-state index in [-0.39, 0.29) is 36.5 Å². The van der Waals surface area contributed by atoms with Gasteiger partial charge in [0.25, 0.3) is 0 Å². The number of aromatic amines is 1. The summed E-state index contributed by atoms with van der Waals surface area (Å²) in [6.45, 7) is 2.33. The second kappa shape index (κ2) is 6.87. The van der Waals surface area contributed by atoms with E-state index in [0.717, 1.165) is 27.8 Å². The molecule has 1 aliphatic rings. The Bertz CT molecular complexity index is 1010. The third kappa shape index (κ3) is 3.43. The molecule has 0 bridgehead atoms. The van der Waals surface area contributed by atoms with Crippen LogP contribution in [0.15, 0.2) is 48.5 Å². The molecule has 6 heteroatoms. The maximum absolute atomic E-state index is 13.6. The number of aromatic nitrogens is 1. The minimum Gasteiger partial charge on any atom is -0.358 e. The summed E-state index contributed by atoms with van der Waals surface area (Å²) < 4.78 is 13.6. The van der Waals surface area contributed by atoms with Crippen LogP contribution >= 0.6 is 0 Å². The van der Waals surface area contributed by atoms with E-state index in [1.807, 2.05) is 37.3 Å². The fourth-order valence-corrected chi connectivity index (χ4v) is 3.68. The molecule has 2 N–H and O–H groups in total. The molecule has 2 aromatic carbocycles. The van der Waals surface area contributed by atoms with Crippen molar-refractivity contribution in [3.05, 3.63) is 65.6 Å². The summed E-state index contributed by atoms with van der Waals surface area (Å²) in [5, 5.41) is 3.66. The van der Waals surface area contributed by atoms with Crippen molar-refractivity contribution in [3.63, 3.8) is 0 Å². The normalized spacial score (nSPS) is 16.9. The molecule has 138 valence electrons. The number of H-pyrrole nitrogens is 1. The quantitative estimate of drug-likeness (QED) is 0.746. The second-order valence-corrected chi connectivity index (χ2v) is 6.90. The van der Waals surface area contributed by atoms with Gasteiger partial charge in [0.15, 0.2) is 0 Å². The Kier molecular flexibility index (Phi) is 4.39. The van der Waals surface area contributed by atoms with Gasteiger partial charge in [-0.2, -0.15) is 0 Å². The van der Waals surface area contributed by atoms with Crippen LogP contribution in [0, 0.1) is 12.7 Å². The van der Waals surface area contributed by atoms with Gasteiger partial charge in [-0.3, -0.25) is 9.59 Å². The van der Waals surface area contributed by atoms with Gasteiger partial charge in [0.1, 0.15) is 5.82 Å². The van der Waals surface area contributed by atoms with Gasteiger partial charge < -0.3 is 15.2 Å². The first-order valence-electron chi connectivity index (χ1n) is 8.93. The molecule has 27 heavy (non-hydrogen) atoms. The summed E-state index contributed by atoms with van der Waals surface area (Å²) in [7, 11) is 0. The molecule has 3 aromatic rings. The summed E-state index contributed by atoms with van der Waals surface area (Å²) in [4.78, 5) is 29.7. The molecule has 5 nitrogen and oxygen atoms in total. The first kappa shape index (κ1) is 17.3. The fourth-order valence-electron chi connectivity index (χ4n) is 3.68. The Morgan fingerprint density at radius 1 is 1.26 bits per heavy atom. The summed E-state index contributed by atoms with van der Waals surface area (Å²) in [5.41, 5.74) is 3.27. The van der Waals surface area contributed by atoms with E-state index in [0.29, 0.717) is 6.54 Å². The SMILES string of the molecule is Cc1[nH]c2ccc(F)cc2c1CC(=O)N[C@H]1CC(=O)N(c2ccccc2)C1. The number of halogens is 1. The third-order valence-corrected chi connectivity index (χ3v) is 4.98. The molecule has 1 aliphatic heterocycles. The highest BCUT2D eigenvalue weighted by Crippen LogP contribution is 2.24. The van der Waals surface area contributed by atoms with E-state index in [4.69, 9.17) is 0 Å². The number of rotatable bonds is 4. The van der Waals surface area contributed by atoms with E-state index < -0.39 is 0 Å². The molecule has 0 spiro atoms. The number of benzene rings is 2. The van der Waals surface area contributed by atoms with Gasteiger partial charge in [0.2, 0.25) is 11.8 Å². The summed E-state index contributed by atoms with van der Waals surface area (Å²) >= 11 is 0. The summed E-state index contributed by atoms with van der Waals surface area (Å²) in [6.07, 6.45) is 0.424. The number of hydrogen-bond acceptors (Lipinski definition) is 2. The monoisotopic (exact) mass is 365 g/mol. The smallest absolute Gasteiger partial charge is 0.229 e. The van der Waals surface area contributed by atoms with Crippen molar-refractivity contribution in [1.82, 2.24) is 10.3 Å². The van der Waals surface area contributed by atoms with Crippen LogP contribution in [0.3, 0.4) is 0 Å². The first-order chi connectivity index (χ1) is 13.0. The van der Waals surface area contributed by atoms with Gasteiger partial charge in [-0.05, 0) is 42.8 Å². The number of nitrogens with one attached hydrogen (secondary N) is 2. The molecule has 2 amide bonds. The minimum absolute atomic E-state index is 0.00292. The number of nitrogens with zero attached hydrogens (tertiary/aromatic N) is 1. The van der Waals surface area contributed by atoms with Crippen molar-refractivity contribution in [2.75, 3.05) is 11.4 Å². The highest BCUT2D eigenvalue weighted by molar-refractivity contribution is 5.97. The largest absolute Gasteiger partial charge is 0.358 e. The maximum atomic E-state index is 13.6. The fraction of sp³-hybridized carbons (Fsp3) is 0.238. The lowest BCUT2D eigenvalue weighted by molar-refractivity contribution is -0.121. The Balaban J connectivity index is 1.46. The Morgan fingerprint density at radius 3 is 2.81 bits per heavy atom. The van der Waals surface area contributed by atoms with E-state index in [1.54, 1.807) is 11.0 Å². The number of para-hydroxylation sites is 1. The molecular formula is C21H20FN3O2. The van der Waals surface area contributed by atoms with E-state index >= 15 is 0 Å². The van der Waals surface area contributed by atoms with Crippen LogP contribution in [0.1, 0.15) is 17.7 Å². The standard InChI is InChI=1S/C21H20FN3O2/c1-13-17(18-9-14(22)7-8-19(18)23-13)11-20(26)24-15-10-21(27)25(12-15)16-5-3-2-4-6-16/h2-9,15,23H,10-12H2,1H3,(H,24,26)/t15-/m0/s1.